The van der Waals surface area contributed by atoms with Gasteiger partial charge in [-0.1, -0.05) is 13.0 Å². The van der Waals surface area contributed by atoms with Crippen molar-refractivity contribution in [2.75, 3.05) is 13.6 Å². The molecule has 0 bridgehead atoms. The van der Waals surface area contributed by atoms with E-state index in [0.717, 1.165) is 16.5 Å². The number of aromatic amines is 1. The molecule has 1 amide bonds. The second-order valence-corrected chi connectivity index (χ2v) is 5.41. The van der Waals surface area contributed by atoms with E-state index in [4.69, 9.17) is 5.11 Å². The highest BCUT2D eigenvalue weighted by Crippen LogP contribution is 2.15. The number of aromatic nitrogens is 1. The minimum atomic E-state index is -0.882. The highest BCUT2D eigenvalue weighted by molar-refractivity contribution is 5.80. The van der Waals surface area contributed by atoms with Crippen LogP contribution in [0.5, 0.6) is 0 Å². The molecule has 0 radical (unpaired) electrons. The molecule has 0 fully saturated rings. The van der Waals surface area contributed by atoms with Crippen molar-refractivity contribution in [1.82, 2.24) is 9.88 Å². The van der Waals surface area contributed by atoms with Gasteiger partial charge in [-0.25, -0.2) is 0 Å². The summed E-state index contributed by atoms with van der Waals surface area (Å²) in [5.41, 5.74) is 2.19. The van der Waals surface area contributed by atoms with E-state index in [2.05, 4.69) is 11.1 Å². The molecule has 1 unspecified atom stereocenters. The average molecular weight is 288 g/mol. The number of carboxylic acids is 1. The molecule has 5 heteroatoms. The molecule has 1 aromatic carbocycles. The molecule has 1 heterocycles. The standard InChI is InChI=1S/C16H20N2O3/c1-11(16(20)21)10-18(2)15(19)6-4-12-3-5-14-13(9-12)7-8-17-14/h3,5,7-9,11,17H,4,6,10H2,1-2H3,(H,20,21). The molecule has 2 aromatic rings. The Morgan fingerprint density at radius 3 is 2.81 bits per heavy atom. The first-order valence-corrected chi connectivity index (χ1v) is 7.00. The maximum Gasteiger partial charge on any atom is 0.308 e. The molecule has 0 aliphatic rings. The quantitative estimate of drug-likeness (QED) is 0.856. The van der Waals surface area contributed by atoms with Crippen LogP contribution < -0.4 is 0 Å². The molecule has 0 aliphatic carbocycles. The maximum absolute atomic E-state index is 12.0. The molecular weight excluding hydrogens is 268 g/mol. The van der Waals surface area contributed by atoms with Crippen LogP contribution in [-0.4, -0.2) is 40.5 Å². The number of carboxylic acid groups (broad SMARTS) is 1. The SMILES string of the molecule is CC(CN(C)C(=O)CCc1ccc2[nH]ccc2c1)C(=O)O. The Bertz CT molecular complexity index is 648. The molecule has 5 nitrogen and oxygen atoms in total. The third-order valence-electron chi connectivity index (χ3n) is 3.64. The predicted molar refractivity (Wildman–Crippen MR) is 81.1 cm³/mol. The Morgan fingerprint density at radius 2 is 2.10 bits per heavy atom. The van der Waals surface area contributed by atoms with E-state index in [1.165, 1.54) is 4.90 Å². The molecule has 2 rings (SSSR count). The van der Waals surface area contributed by atoms with Crippen molar-refractivity contribution >= 4 is 22.8 Å². The zero-order valence-electron chi connectivity index (χ0n) is 12.3. The van der Waals surface area contributed by atoms with E-state index in [-0.39, 0.29) is 12.5 Å². The minimum Gasteiger partial charge on any atom is -0.481 e. The van der Waals surface area contributed by atoms with Crippen molar-refractivity contribution in [1.29, 1.82) is 0 Å². The number of aryl methyl sites for hydroxylation is 1. The highest BCUT2D eigenvalue weighted by atomic mass is 16.4. The number of hydrogen-bond donors (Lipinski definition) is 2. The number of benzene rings is 1. The number of carbonyl (C=O) groups excluding carboxylic acids is 1. The van der Waals surface area contributed by atoms with Crippen LogP contribution in [0, 0.1) is 5.92 Å². The van der Waals surface area contributed by atoms with Crippen LogP contribution in [0.4, 0.5) is 0 Å². The van der Waals surface area contributed by atoms with Crippen molar-refractivity contribution in [3.63, 3.8) is 0 Å². The van der Waals surface area contributed by atoms with E-state index >= 15 is 0 Å². The summed E-state index contributed by atoms with van der Waals surface area (Å²) in [7, 11) is 1.65. The monoisotopic (exact) mass is 288 g/mol. The smallest absolute Gasteiger partial charge is 0.308 e. The topological polar surface area (TPSA) is 73.4 Å². The van der Waals surface area contributed by atoms with Gasteiger partial charge in [-0.05, 0) is 35.6 Å². The van der Waals surface area contributed by atoms with E-state index in [1.54, 1.807) is 14.0 Å². The minimum absolute atomic E-state index is 0.0303. The van der Waals surface area contributed by atoms with Gasteiger partial charge in [-0.3, -0.25) is 9.59 Å². The average Bonchev–Trinajstić information content (AvgIpc) is 2.91. The Morgan fingerprint density at radius 1 is 1.33 bits per heavy atom. The summed E-state index contributed by atoms with van der Waals surface area (Å²) < 4.78 is 0. The molecule has 21 heavy (non-hydrogen) atoms. The summed E-state index contributed by atoms with van der Waals surface area (Å²) in [4.78, 5) is 27.4. The fourth-order valence-corrected chi connectivity index (χ4v) is 2.29. The number of fused-ring (bicyclic) bond motifs is 1. The van der Waals surface area contributed by atoms with Gasteiger partial charge >= 0.3 is 5.97 Å². The van der Waals surface area contributed by atoms with Gasteiger partial charge in [0.25, 0.3) is 0 Å². The van der Waals surface area contributed by atoms with E-state index < -0.39 is 11.9 Å². The number of aliphatic carboxylic acids is 1. The van der Waals surface area contributed by atoms with Crippen molar-refractivity contribution in [2.45, 2.75) is 19.8 Å². The molecule has 0 saturated heterocycles. The number of rotatable bonds is 6. The van der Waals surface area contributed by atoms with Crippen molar-refractivity contribution in [3.05, 3.63) is 36.0 Å². The Hall–Kier alpha value is -2.30. The van der Waals surface area contributed by atoms with Gasteiger partial charge in [-0.2, -0.15) is 0 Å². The summed E-state index contributed by atoms with van der Waals surface area (Å²) >= 11 is 0. The van der Waals surface area contributed by atoms with Crippen LogP contribution in [0.25, 0.3) is 10.9 Å². The van der Waals surface area contributed by atoms with Gasteiger partial charge in [0.15, 0.2) is 0 Å². The second-order valence-electron chi connectivity index (χ2n) is 5.41. The third kappa shape index (κ3) is 3.84. The summed E-state index contributed by atoms with van der Waals surface area (Å²) in [6, 6.07) is 8.08. The number of amides is 1. The van der Waals surface area contributed by atoms with Crippen LogP contribution in [-0.2, 0) is 16.0 Å². The first kappa shape index (κ1) is 15.1. The maximum atomic E-state index is 12.0. The fraction of sp³-hybridized carbons (Fsp3) is 0.375. The second kappa shape index (κ2) is 6.43. The predicted octanol–water partition coefficient (Wildman–Crippen LogP) is 2.28. The van der Waals surface area contributed by atoms with Crippen LogP contribution >= 0.6 is 0 Å². The van der Waals surface area contributed by atoms with Crippen LogP contribution in [0.3, 0.4) is 0 Å². The summed E-state index contributed by atoms with van der Waals surface area (Å²) in [5, 5.41) is 9.99. The molecule has 112 valence electrons. The lowest BCUT2D eigenvalue weighted by Gasteiger charge is -2.19. The van der Waals surface area contributed by atoms with Crippen LogP contribution in [0.1, 0.15) is 18.9 Å². The lowest BCUT2D eigenvalue weighted by molar-refractivity contribution is -0.142. The molecular formula is C16H20N2O3. The zero-order valence-corrected chi connectivity index (χ0v) is 12.3. The highest BCUT2D eigenvalue weighted by Gasteiger charge is 2.17. The van der Waals surface area contributed by atoms with E-state index in [9.17, 15) is 9.59 Å². The van der Waals surface area contributed by atoms with Crippen molar-refractivity contribution in [3.8, 4) is 0 Å². The van der Waals surface area contributed by atoms with Gasteiger partial charge in [0.05, 0.1) is 5.92 Å². The molecule has 1 atom stereocenters. The first-order chi connectivity index (χ1) is 9.97. The zero-order chi connectivity index (χ0) is 15.4. The van der Waals surface area contributed by atoms with Gasteiger partial charge in [-0.15, -0.1) is 0 Å². The lowest BCUT2D eigenvalue weighted by Crippen LogP contribution is -2.33. The van der Waals surface area contributed by atoms with Crippen LogP contribution in [0.15, 0.2) is 30.5 Å². The first-order valence-electron chi connectivity index (χ1n) is 7.00. The third-order valence-corrected chi connectivity index (χ3v) is 3.64. The molecule has 2 N–H and O–H groups in total. The summed E-state index contributed by atoms with van der Waals surface area (Å²) in [5.74, 6) is -1.46. The Kier molecular flexibility index (Phi) is 4.62. The normalized spacial score (nSPS) is 12.3. The fourth-order valence-electron chi connectivity index (χ4n) is 2.29. The van der Waals surface area contributed by atoms with Crippen LogP contribution in [0.2, 0.25) is 0 Å². The number of nitrogens with zero attached hydrogens (tertiary/aromatic N) is 1. The van der Waals surface area contributed by atoms with Gasteiger partial charge in [0, 0.05) is 31.7 Å². The Labute approximate surface area is 123 Å². The Balaban J connectivity index is 1.89. The van der Waals surface area contributed by atoms with Gasteiger partial charge in [0.2, 0.25) is 5.91 Å². The van der Waals surface area contributed by atoms with Crippen molar-refractivity contribution < 1.29 is 14.7 Å². The van der Waals surface area contributed by atoms with E-state index in [0.29, 0.717) is 12.8 Å². The molecule has 1 aromatic heterocycles. The largest absolute Gasteiger partial charge is 0.481 e. The number of nitrogens with one attached hydrogen (secondary N) is 1. The van der Waals surface area contributed by atoms with E-state index in [1.807, 2.05) is 24.4 Å². The summed E-state index contributed by atoms with van der Waals surface area (Å²) in [6.45, 7) is 1.84. The van der Waals surface area contributed by atoms with Gasteiger partial charge in [0.1, 0.15) is 0 Å². The molecule has 0 saturated carbocycles. The molecule has 0 aliphatic heterocycles. The number of H-pyrrole nitrogens is 1. The van der Waals surface area contributed by atoms with Gasteiger partial charge < -0.3 is 15.0 Å². The lowest BCUT2D eigenvalue weighted by atomic mass is 10.1. The van der Waals surface area contributed by atoms with Crippen molar-refractivity contribution in [2.24, 2.45) is 5.92 Å². The number of hydrogen-bond acceptors (Lipinski definition) is 2. The number of carbonyl (C=O) groups is 2. The summed E-state index contributed by atoms with van der Waals surface area (Å²) in [6.07, 6.45) is 2.94. The molecule has 0 spiro atoms.